The predicted octanol–water partition coefficient (Wildman–Crippen LogP) is 1.50. The number of hydrogen-bond donors (Lipinski definition) is 1. The zero-order chi connectivity index (χ0) is 14.2. The largest absolute Gasteiger partial charge is 0.494 e. The van der Waals surface area contributed by atoms with E-state index in [1.54, 1.807) is 6.92 Å². The molecular formula is C12H14FN3O3. The standard InChI is InChI=1S/C12H14FN3O3/c1-6(11(17)19-3)16-9-5-10(18-2)7(13)4-8(9)15-12(16)14/h4-6H,1-3H3,(H2,14,15). The SMILES string of the molecule is COC(=O)C(C)n1c(N)nc2cc(F)c(OC)cc21. The van der Waals surface area contributed by atoms with Crippen LogP contribution in [-0.4, -0.2) is 29.7 Å². The lowest BCUT2D eigenvalue weighted by atomic mass is 10.2. The molecule has 0 bridgehead atoms. The van der Waals surface area contributed by atoms with Crippen LogP contribution in [0.25, 0.3) is 11.0 Å². The summed E-state index contributed by atoms with van der Waals surface area (Å²) in [7, 11) is 2.65. The molecule has 1 atom stereocenters. The smallest absolute Gasteiger partial charge is 0.328 e. The first-order valence-electron chi connectivity index (χ1n) is 5.58. The minimum atomic E-state index is -0.662. The molecule has 1 heterocycles. The number of ether oxygens (including phenoxy) is 2. The number of anilines is 1. The lowest BCUT2D eigenvalue weighted by molar-refractivity contribution is -0.143. The van der Waals surface area contributed by atoms with Crippen LogP contribution in [0.5, 0.6) is 5.75 Å². The van der Waals surface area contributed by atoms with Crippen LogP contribution in [0.2, 0.25) is 0 Å². The van der Waals surface area contributed by atoms with Crippen LogP contribution in [0.3, 0.4) is 0 Å². The normalized spacial score (nSPS) is 12.4. The van der Waals surface area contributed by atoms with Gasteiger partial charge < -0.3 is 15.2 Å². The van der Waals surface area contributed by atoms with E-state index in [1.807, 2.05) is 0 Å². The summed E-state index contributed by atoms with van der Waals surface area (Å²) in [5, 5.41) is 0. The van der Waals surface area contributed by atoms with Crippen LogP contribution in [0.15, 0.2) is 12.1 Å². The summed E-state index contributed by atoms with van der Waals surface area (Å²) in [5.41, 5.74) is 6.63. The number of aromatic nitrogens is 2. The second kappa shape index (κ2) is 4.75. The fourth-order valence-corrected chi connectivity index (χ4v) is 1.95. The number of rotatable bonds is 3. The highest BCUT2D eigenvalue weighted by atomic mass is 19.1. The topological polar surface area (TPSA) is 79.4 Å². The number of carbonyl (C=O) groups excluding carboxylic acids is 1. The molecule has 102 valence electrons. The van der Waals surface area contributed by atoms with Gasteiger partial charge in [0.1, 0.15) is 6.04 Å². The number of nitrogen functional groups attached to an aromatic ring is 1. The first kappa shape index (κ1) is 13.1. The minimum Gasteiger partial charge on any atom is -0.494 e. The number of benzene rings is 1. The number of nitrogens with two attached hydrogens (primary N) is 1. The third-order valence-electron chi connectivity index (χ3n) is 2.92. The van der Waals surface area contributed by atoms with Gasteiger partial charge >= 0.3 is 5.97 Å². The Balaban J connectivity index is 2.66. The molecule has 0 amide bonds. The fraction of sp³-hybridized carbons (Fsp3) is 0.333. The molecule has 0 fully saturated rings. The second-order valence-electron chi connectivity index (χ2n) is 4.01. The van der Waals surface area contributed by atoms with Crippen molar-refractivity contribution >= 4 is 23.0 Å². The first-order chi connectivity index (χ1) is 8.99. The summed E-state index contributed by atoms with van der Waals surface area (Å²) < 4.78 is 24.6. The monoisotopic (exact) mass is 267 g/mol. The Bertz CT molecular complexity index is 639. The number of esters is 1. The molecule has 1 aromatic heterocycles. The van der Waals surface area contributed by atoms with Crippen LogP contribution >= 0.6 is 0 Å². The van der Waals surface area contributed by atoms with Gasteiger partial charge in [0, 0.05) is 12.1 Å². The highest BCUT2D eigenvalue weighted by Crippen LogP contribution is 2.29. The van der Waals surface area contributed by atoms with E-state index in [0.717, 1.165) is 0 Å². The molecule has 2 rings (SSSR count). The van der Waals surface area contributed by atoms with Crippen LogP contribution in [-0.2, 0) is 9.53 Å². The van der Waals surface area contributed by atoms with E-state index < -0.39 is 17.8 Å². The molecule has 2 aromatic rings. The van der Waals surface area contributed by atoms with Crippen molar-refractivity contribution in [2.24, 2.45) is 0 Å². The van der Waals surface area contributed by atoms with Crippen LogP contribution < -0.4 is 10.5 Å². The number of fused-ring (bicyclic) bond motifs is 1. The van der Waals surface area contributed by atoms with E-state index >= 15 is 0 Å². The van der Waals surface area contributed by atoms with Gasteiger partial charge in [0.2, 0.25) is 5.95 Å². The average molecular weight is 267 g/mol. The zero-order valence-electron chi connectivity index (χ0n) is 10.8. The van der Waals surface area contributed by atoms with Crippen molar-refractivity contribution < 1.29 is 18.7 Å². The lowest BCUT2D eigenvalue weighted by Gasteiger charge is -2.13. The summed E-state index contributed by atoms with van der Waals surface area (Å²) in [5.74, 6) is -0.828. The maximum atomic E-state index is 13.6. The second-order valence-corrected chi connectivity index (χ2v) is 4.01. The Hall–Kier alpha value is -2.31. The van der Waals surface area contributed by atoms with E-state index in [9.17, 15) is 9.18 Å². The number of hydrogen-bond acceptors (Lipinski definition) is 5. The minimum absolute atomic E-state index is 0.0608. The van der Waals surface area contributed by atoms with Crippen molar-refractivity contribution in [3.63, 3.8) is 0 Å². The quantitative estimate of drug-likeness (QED) is 0.852. The van der Waals surface area contributed by atoms with Gasteiger partial charge in [-0.05, 0) is 6.92 Å². The predicted molar refractivity (Wildman–Crippen MR) is 67.4 cm³/mol. The average Bonchev–Trinajstić information content (AvgIpc) is 2.70. The molecule has 0 saturated heterocycles. The van der Waals surface area contributed by atoms with Crippen LogP contribution in [0.1, 0.15) is 13.0 Å². The highest BCUT2D eigenvalue weighted by molar-refractivity contribution is 5.84. The molecule has 2 N–H and O–H groups in total. The summed E-state index contributed by atoms with van der Waals surface area (Å²) in [6.45, 7) is 1.62. The lowest BCUT2D eigenvalue weighted by Crippen LogP contribution is -2.19. The Morgan fingerprint density at radius 1 is 1.47 bits per heavy atom. The van der Waals surface area contributed by atoms with E-state index in [1.165, 1.54) is 30.9 Å². The molecule has 7 heteroatoms. The van der Waals surface area contributed by atoms with Crippen molar-refractivity contribution in [3.8, 4) is 5.75 Å². The Morgan fingerprint density at radius 2 is 2.16 bits per heavy atom. The summed E-state index contributed by atoms with van der Waals surface area (Å²) in [6, 6.07) is 2.00. The van der Waals surface area contributed by atoms with Crippen molar-refractivity contribution in [2.75, 3.05) is 20.0 Å². The summed E-state index contributed by atoms with van der Waals surface area (Å²) in [4.78, 5) is 15.6. The molecule has 0 aliphatic heterocycles. The van der Waals surface area contributed by atoms with Gasteiger partial charge in [0.25, 0.3) is 0 Å². The molecule has 0 radical (unpaired) electrons. The molecule has 6 nitrogen and oxygen atoms in total. The molecule has 0 saturated carbocycles. The Labute approximate surface area is 108 Å². The van der Waals surface area contributed by atoms with Gasteiger partial charge in [-0.2, -0.15) is 0 Å². The first-order valence-corrected chi connectivity index (χ1v) is 5.58. The van der Waals surface area contributed by atoms with E-state index in [4.69, 9.17) is 10.5 Å². The van der Waals surface area contributed by atoms with Gasteiger partial charge in [-0.3, -0.25) is 4.57 Å². The third kappa shape index (κ3) is 2.07. The zero-order valence-corrected chi connectivity index (χ0v) is 10.8. The summed E-state index contributed by atoms with van der Waals surface area (Å²) in [6.07, 6.45) is 0. The Morgan fingerprint density at radius 3 is 2.74 bits per heavy atom. The molecule has 0 aliphatic carbocycles. The van der Waals surface area contributed by atoms with Crippen molar-refractivity contribution in [3.05, 3.63) is 17.9 Å². The number of halogens is 1. The maximum absolute atomic E-state index is 13.6. The number of nitrogens with zero attached hydrogens (tertiary/aromatic N) is 2. The van der Waals surface area contributed by atoms with Gasteiger partial charge in [-0.1, -0.05) is 0 Å². The van der Waals surface area contributed by atoms with Gasteiger partial charge in [-0.15, -0.1) is 0 Å². The van der Waals surface area contributed by atoms with Gasteiger partial charge in [0.05, 0.1) is 25.3 Å². The van der Waals surface area contributed by atoms with Crippen LogP contribution in [0, 0.1) is 5.82 Å². The van der Waals surface area contributed by atoms with E-state index in [-0.39, 0.29) is 11.7 Å². The Kier molecular flexibility index (Phi) is 3.28. The van der Waals surface area contributed by atoms with Crippen LogP contribution in [0.4, 0.5) is 10.3 Å². The molecule has 1 unspecified atom stereocenters. The van der Waals surface area contributed by atoms with Gasteiger partial charge in [0.15, 0.2) is 11.6 Å². The van der Waals surface area contributed by atoms with E-state index in [0.29, 0.717) is 11.0 Å². The van der Waals surface area contributed by atoms with Gasteiger partial charge in [-0.25, -0.2) is 14.2 Å². The molecule has 0 aliphatic rings. The van der Waals surface area contributed by atoms with E-state index in [2.05, 4.69) is 9.72 Å². The van der Waals surface area contributed by atoms with Crippen molar-refractivity contribution in [1.29, 1.82) is 0 Å². The highest BCUT2D eigenvalue weighted by Gasteiger charge is 2.22. The third-order valence-corrected chi connectivity index (χ3v) is 2.92. The van der Waals surface area contributed by atoms with Crippen molar-refractivity contribution in [1.82, 2.24) is 9.55 Å². The maximum Gasteiger partial charge on any atom is 0.328 e. The number of methoxy groups -OCH3 is 2. The molecule has 0 spiro atoms. The van der Waals surface area contributed by atoms with Crippen molar-refractivity contribution in [2.45, 2.75) is 13.0 Å². The summed E-state index contributed by atoms with van der Waals surface area (Å²) >= 11 is 0. The molecule has 19 heavy (non-hydrogen) atoms. The molecule has 1 aromatic carbocycles. The molecular weight excluding hydrogens is 253 g/mol. The number of carbonyl (C=O) groups is 1. The number of imidazole rings is 1. The fourth-order valence-electron chi connectivity index (χ4n) is 1.95.